The van der Waals surface area contributed by atoms with E-state index in [-0.39, 0.29) is 22.9 Å². The first-order chi connectivity index (χ1) is 23.2. The highest BCUT2D eigenvalue weighted by Crippen LogP contribution is 2.37. The zero-order valence-corrected chi connectivity index (χ0v) is 27.0. The fourth-order valence-corrected chi connectivity index (χ4v) is 5.82. The zero-order valence-electron chi connectivity index (χ0n) is 26.2. The van der Waals surface area contributed by atoms with Gasteiger partial charge in [-0.2, -0.15) is 0 Å². The average Bonchev–Trinajstić information content (AvgIpc) is 3.10. The fourth-order valence-electron chi connectivity index (χ4n) is 4.79. The smallest absolute Gasteiger partial charge is 0.276 e. The van der Waals surface area contributed by atoms with Crippen LogP contribution >= 0.6 is 11.8 Å². The largest absolute Gasteiger partial charge is 0.325 e. The third kappa shape index (κ3) is 8.62. The number of para-hydroxylation sites is 1. The molecule has 0 aliphatic heterocycles. The van der Waals surface area contributed by atoms with Gasteiger partial charge >= 0.3 is 0 Å². The molecule has 0 heterocycles. The van der Waals surface area contributed by atoms with Crippen LogP contribution in [0.1, 0.15) is 37.9 Å². The number of anilines is 2. The summed E-state index contributed by atoms with van der Waals surface area (Å²) in [5.41, 5.74) is 4.08. The van der Waals surface area contributed by atoms with Crippen molar-refractivity contribution in [2.75, 3.05) is 10.6 Å². The lowest BCUT2D eigenvalue weighted by molar-refractivity contribution is -0.385. The molecular weight excluding hydrogens is 625 g/mol. The lowest BCUT2D eigenvalue weighted by Gasteiger charge is -2.18. The standard InChI is InChI=1S/C38H32N4O5S/c1-25-17-18-26(2)32(23-25)40-38(45)35(27-11-5-3-6-12-27)48-31-21-19-30(20-22-31)39-37(44)33(41-36(43)28-13-7-4-8-14-28)24-29-15-9-10-16-34(29)42(46)47/h3-24,35H,1-2H3,(H,39,44)(H,40,45)(H,41,43)/b33-24-. The summed E-state index contributed by atoms with van der Waals surface area (Å²) in [6.45, 7) is 3.92. The molecule has 0 aliphatic rings. The summed E-state index contributed by atoms with van der Waals surface area (Å²) < 4.78 is 0. The molecule has 0 spiro atoms. The number of nitro groups is 1. The van der Waals surface area contributed by atoms with Gasteiger partial charge in [0.15, 0.2) is 0 Å². The number of carbonyl (C=O) groups excluding carboxylic acids is 3. The Labute approximate surface area is 282 Å². The van der Waals surface area contributed by atoms with E-state index in [1.54, 1.807) is 60.7 Å². The molecule has 0 fully saturated rings. The number of rotatable bonds is 11. The van der Waals surface area contributed by atoms with E-state index < -0.39 is 22.0 Å². The summed E-state index contributed by atoms with van der Waals surface area (Å²) in [4.78, 5) is 52.0. The third-order valence-corrected chi connectivity index (χ3v) is 8.59. The highest BCUT2D eigenvalue weighted by Gasteiger charge is 2.23. The van der Waals surface area contributed by atoms with E-state index in [4.69, 9.17) is 0 Å². The first-order valence-electron chi connectivity index (χ1n) is 15.0. The molecule has 5 aromatic rings. The number of nitrogens with one attached hydrogen (secondary N) is 3. The van der Waals surface area contributed by atoms with Gasteiger partial charge in [0.2, 0.25) is 5.91 Å². The highest BCUT2D eigenvalue weighted by molar-refractivity contribution is 8.00. The van der Waals surface area contributed by atoms with Gasteiger partial charge in [0.25, 0.3) is 17.5 Å². The Bertz CT molecular complexity index is 1980. The maximum absolute atomic E-state index is 13.6. The maximum Gasteiger partial charge on any atom is 0.276 e. The highest BCUT2D eigenvalue weighted by atomic mass is 32.2. The number of aryl methyl sites for hydroxylation is 2. The van der Waals surface area contributed by atoms with Crippen LogP contribution in [0, 0.1) is 24.0 Å². The number of nitrogens with zero attached hydrogens (tertiary/aromatic N) is 1. The molecule has 10 heteroatoms. The number of hydrogen-bond donors (Lipinski definition) is 3. The normalized spacial score (nSPS) is 11.7. The van der Waals surface area contributed by atoms with Crippen molar-refractivity contribution < 1.29 is 19.3 Å². The lowest BCUT2D eigenvalue weighted by Crippen LogP contribution is -2.30. The Morgan fingerprint density at radius 2 is 1.42 bits per heavy atom. The topological polar surface area (TPSA) is 130 Å². The van der Waals surface area contributed by atoms with Crippen LogP contribution < -0.4 is 16.0 Å². The van der Waals surface area contributed by atoms with Crippen LogP contribution in [-0.2, 0) is 9.59 Å². The van der Waals surface area contributed by atoms with Crippen LogP contribution in [0.25, 0.3) is 6.08 Å². The molecule has 3 amide bonds. The van der Waals surface area contributed by atoms with Gasteiger partial charge in [0, 0.05) is 27.9 Å². The molecule has 0 radical (unpaired) electrons. The molecule has 3 N–H and O–H groups in total. The van der Waals surface area contributed by atoms with E-state index >= 15 is 0 Å². The van der Waals surface area contributed by atoms with Crippen molar-refractivity contribution in [1.82, 2.24) is 5.32 Å². The summed E-state index contributed by atoms with van der Waals surface area (Å²) in [5, 5.41) is 19.5. The van der Waals surface area contributed by atoms with Gasteiger partial charge in [-0.3, -0.25) is 24.5 Å². The van der Waals surface area contributed by atoms with Gasteiger partial charge in [-0.15, -0.1) is 11.8 Å². The second-order valence-electron chi connectivity index (χ2n) is 10.9. The number of benzene rings is 5. The summed E-state index contributed by atoms with van der Waals surface area (Å²) in [5.74, 6) is -1.39. The van der Waals surface area contributed by atoms with Crippen molar-refractivity contribution in [3.8, 4) is 0 Å². The monoisotopic (exact) mass is 656 g/mol. The van der Waals surface area contributed by atoms with Crippen molar-refractivity contribution in [3.63, 3.8) is 0 Å². The molecule has 9 nitrogen and oxygen atoms in total. The van der Waals surface area contributed by atoms with Crippen molar-refractivity contribution >= 4 is 52.6 Å². The van der Waals surface area contributed by atoms with E-state index in [0.29, 0.717) is 11.3 Å². The quantitative estimate of drug-likeness (QED) is 0.0570. The number of hydrogen-bond acceptors (Lipinski definition) is 6. The van der Waals surface area contributed by atoms with Crippen LogP contribution in [-0.4, -0.2) is 22.6 Å². The number of amides is 3. The number of thioether (sulfide) groups is 1. The van der Waals surface area contributed by atoms with Crippen LogP contribution in [0.5, 0.6) is 0 Å². The minimum Gasteiger partial charge on any atom is -0.325 e. The van der Waals surface area contributed by atoms with Crippen molar-refractivity contribution in [2.24, 2.45) is 0 Å². The molecule has 0 bridgehead atoms. The second-order valence-corrected chi connectivity index (χ2v) is 12.1. The Morgan fingerprint density at radius 3 is 2.10 bits per heavy atom. The molecule has 0 saturated heterocycles. The van der Waals surface area contributed by atoms with E-state index in [1.807, 2.05) is 62.4 Å². The molecule has 5 rings (SSSR count). The van der Waals surface area contributed by atoms with Gasteiger partial charge < -0.3 is 16.0 Å². The van der Waals surface area contributed by atoms with E-state index in [2.05, 4.69) is 16.0 Å². The molecule has 0 aliphatic carbocycles. The van der Waals surface area contributed by atoms with Crippen molar-refractivity contribution in [3.05, 3.63) is 171 Å². The Morgan fingerprint density at radius 1 is 0.771 bits per heavy atom. The number of nitro benzene ring substituents is 1. The molecule has 48 heavy (non-hydrogen) atoms. The predicted molar refractivity (Wildman–Crippen MR) is 190 cm³/mol. The Hall–Kier alpha value is -6.00. The summed E-state index contributed by atoms with van der Waals surface area (Å²) in [6.07, 6.45) is 1.28. The first-order valence-corrected chi connectivity index (χ1v) is 15.9. The molecule has 5 aromatic carbocycles. The summed E-state index contributed by atoms with van der Waals surface area (Å²) in [6, 6.07) is 36.6. The zero-order chi connectivity index (χ0) is 34.0. The molecule has 240 valence electrons. The Balaban J connectivity index is 1.36. The first kappa shape index (κ1) is 33.4. The second kappa shape index (κ2) is 15.5. The third-order valence-electron chi connectivity index (χ3n) is 7.32. The van der Waals surface area contributed by atoms with E-state index in [0.717, 1.165) is 27.3 Å². The molecular formula is C38H32N4O5S. The van der Waals surface area contributed by atoms with E-state index in [9.17, 15) is 24.5 Å². The minimum atomic E-state index is -0.673. The van der Waals surface area contributed by atoms with Crippen molar-refractivity contribution in [1.29, 1.82) is 0 Å². The SMILES string of the molecule is Cc1ccc(C)c(NC(=O)C(Sc2ccc(NC(=O)/C(=C/c3ccccc3[N+](=O)[O-])NC(=O)c3ccccc3)cc2)c2ccccc2)c1. The fraction of sp³-hybridized carbons (Fsp3) is 0.0789. The van der Waals surface area contributed by atoms with Crippen LogP contribution in [0.2, 0.25) is 0 Å². The van der Waals surface area contributed by atoms with Crippen LogP contribution in [0.3, 0.4) is 0 Å². The van der Waals surface area contributed by atoms with Gasteiger partial charge in [0.05, 0.1) is 10.5 Å². The van der Waals surface area contributed by atoms with Crippen molar-refractivity contribution in [2.45, 2.75) is 24.0 Å². The molecule has 0 saturated carbocycles. The maximum atomic E-state index is 13.6. The lowest BCUT2D eigenvalue weighted by atomic mass is 10.1. The minimum absolute atomic E-state index is 0.152. The molecule has 0 aromatic heterocycles. The molecule has 1 atom stereocenters. The van der Waals surface area contributed by atoms with Gasteiger partial charge in [0.1, 0.15) is 10.9 Å². The predicted octanol–water partition coefficient (Wildman–Crippen LogP) is 8.09. The van der Waals surface area contributed by atoms with Crippen LogP contribution in [0.15, 0.2) is 138 Å². The molecule has 1 unspecified atom stereocenters. The number of carbonyl (C=O) groups is 3. The Kier molecular flexibility index (Phi) is 10.8. The summed E-state index contributed by atoms with van der Waals surface area (Å²) >= 11 is 1.37. The van der Waals surface area contributed by atoms with Gasteiger partial charge in [-0.05, 0) is 85.1 Å². The van der Waals surface area contributed by atoms with Gasteiger partial charge in [-0.1, -0.05) is 72.8 Å². The average molecular weight is 657 g/mol. The van der Waals surface area contributed by atoms with Gasteiger partial charge in [-0.25, -0.2) is 0 Å². The van der Waals surface area contributed by atoms with E-state index in [1.165, 1.54) is 36.0 Å². The summed E-state index contributed by atoms with van der Waals surface area (Å²) in [7, 11) is 0. The van der Waals surface area contributed by atoms with Crippen LogP contribution in [0.4, 0.5) is 17.1 Å².